The van der Waals surface area contributed by atoms with Crippen LogP contribution in [0.1, 0.15) is 17.0 Å². The quantitative estimate of drug-likeness (QED) is 0.878. The molecule has 1 amide bonds. The average molecular weight is 258 g/mol. The molecule has 2 rings (SSSR count). The molecule has 0 radical (unpaired) electrons. The second kappa shape index (κ2) is 6.13. The second-order valence-corrected chi connectivity index (χ2v) is 4.50. The number of carbonyl (C=O) groups is 1. The van der Waals surface area contributed by atoms with Gasteiger partial charge in [0.15, 0.2) is 0 Å². The molecule has 5 heteroatoms. The molecule has 0 aliphatic heterocycles. The van der Waals surface area contributed by atoms with E-state index in [1.807, 2.05) is 30.5 Å². The molecule has 2 aromatic rings. The van der Waals surface area contributed by atoms with Crippen molar-refractivity contribution in [2.45, 2.75) is 26.8 Å². The summed E-state index contributed by atoms with van der Waals surface area (Å²) in [6.07, 6.45) is 5.59. The Morgan fingerprint density at radius 3 is 2.89 bits per heavy atom. The highest BCUT2D eigenvalue weighted by molar-refractivity contribution is 5.78. The van der Waals surface area contributed by atoms with E-state index in [4.69, 9.17) is 0 Å². The van der Waals surface area contributed by atoms with Gasteiger partial charge in [-0.25, -0.2) is 4.98 Å². The van der Waals surface area contributed by atoms with E-state index in [0.717, 1.165) is 23.5 Å². The fourth-order valence-electron chi connectivity index (χ4n) is 1.84. The third kappa shape index (κ3) is 3.64. The number of nitrogens with one attached hydrogen (secondary N) is 1. The normalized spacial score (nSPS) is 10.4. The average Bonchev–Trinajstić information content (AvgIpc) is 2.72. The maximum absolute atomic E-state index is 11.7. The van der Waals surface area contributed by atoms with Gasteiger partial charge in [-0.1, -0.05) is 6.07 Å². The van der Waals surface area contributed by atoms with E-state index in [-0.39, 0.29) is 5.91 Å². The molecule has 100 valence electrons. The molecule has 0 aromatic carbocycles. The predicted octanol–water partition coefficient (Wildman–Crippen LogP) is 1.25. The second-order valence-electron chi connectivity index (χ2n) is 4.50. The van der Waals surface area contributed by atoms with Crippen molar-refractivity contribution >= 4 is 5.91 Å². The highest BCUT2D eigenvalue weighted by Crippen LogP contribution is 2.03. The first-order valence-electron chi connectivity index (χ1n) is 6.31. The van der Waals surface area contributed by atoms with Crippen molar-refractivity contribution < 1.29 is 4.79 Å². The highest BCUT2D eigenvalue weighted by Gasteiger charge is 2.04. The Morgan fingerprint density at radius 2 is 2.26 bits per heavy atom. The summed E-state index contributed by atoms with van der Waals surface area (Å²) in [5, 5.41) is 2.90. The predicted molar refractivity (Wildman–Crippen MR) is 72.7 cm³/mol. The Labute approximate surface area is 112 Å². The van der Waals surface area contributed by atoms with Gasteiger partial charge in [0.1, 0.15) is 0 Å². The van der Waals surface area contributed by atoms with Crippen molar-refractivity contribution in [1.29, 1.82) is 0 Å². The highest BCUT2D eigenvalue weighted by atomic mass is 16.1. The minimum atomic E-state index is 0.0162. The van der Waals surface area contributed by atoms with Crippen LogP contribution < -0.4 is 5.32 Å². The van der Waals surface area contributed by atoms with E-state index in [2.05, 4.69) is 15.3 Å². The first kappa shape index (κ1) is 13.3. The molecular weight excluding hydrogens is 240 g/mol. The van der Waals surface area contributed by atoms with Crippen molar-refractivity contribution in [3.8, 4) is 0 Å². The van der Waals surface area contributed by atoms with Crippen molar-refractivity contribution in [2.75, 3.05) is 6.54 Å². The SMILES string of the molecule is Cc1ncn(CCNC(=O)Cc2cccnc2)c1C. The minimum Gasteiger partial charge on any atom is -0.354 e. The van der Waals surface area contributed by atoms with Gasteiger partial charge in [0, 0.05) is 31.2 Å². The molecule has 5 nitrogen and oxygen atoms in total. The number of aromatic nitrogens is 3. The van der Waals surface area contributed by atoms with Crippen LogP contribution in [0.2, 0.25) is 0 Å². The van der Waals surface area contributed by atoms with Crippen LogP contribution in [0.3, 0.4) is 0 Å². The van der Waals surface area contributed by atoms with Crippen molar-refractivity contribution in [3.63, 3.8) is 0 Å². The molecule has 0 unspecified atom stereocenters. The lowest BCUT2D eigenvalue weighted by Crippen LogP contribution is -2.28. The lowest BCUT2D eigenvalue weighted by Gasteiger charge is -2.07. The summed E-state index contributed by atoms with van der Waals surface area (Å²) >= 11 is 0. The van der Waals surface area contributed by atoms with E-state index in [9.17, 15) is 4.79 Å². The molecular formula is C14H18N4O. The Bertz CT molecular complexity index is 548. The van der Waals surface area contributed by atoms with E-state index >= 15 is 0 Å². The number of aryl methyl sites for hydroxylation is 1. The summed E-state index contributed by atoms with van der Waals surface area (Å²) in [4.78, 5) is 19.9. The first-order chi connectivity index (χ1) is 9.16. The van der Waals surface area contributed by atoms with E-state index < -0.39 is 0 Å². The third-order valence-electron chi connectivity index (χ3n) is 3.11. The number of amides is 1. The number of hydrogen-bond donors (Lipinski definition) is 1. The number of pyridine rings is 1. The van der Waals surface area contributed by atoms with Crippen LogP contribution in [0.5, 0.6) is 0 Å². The summed E-state index contributed by atoms with van der Waals surface area (Å²) in [5.41, 5.74) is 3.10. The van der Waals surface area contributed by atoms with Crippen LogP contribution in [0.4, 0.5) is 0 Å². The number of carbonyl (C=O) groups excluding carboxylic acids is 1. The molecule has 19 heavy (non-hydrogen) atoms. The van der Waals surface area contributed by atoms with Crippen LogP contribution in [-0.4, -0.2) is 27.0 Å². The zero-order valence-corrected chi connectivity index (χ0v) is 11.3. The van der Waals surface area contributed by atoms with Gasteiger partial charge in [-0.3, -0.25) is 9.78 Å². The third-order valence-corrected chi connectivity index (χ3v) is 3.11. The fourth-order valence-corrected chi connectivity index (χ4v) is 1.84. The molecule has 1 N–H and O–H groups in total. The first-order valence-corrected chi connectivity index (χ1v) is 6.31. The maximum Gasteiger partial charge on any atom is 0.224 e. The summed E-state index contributed by atoms with van der Waals surface area (Å²) in [6, 6.07) is 3.73. The topological polar surface area (TPSA) is 59.8 Å². The molecule has 0 aliphatic carbocycles. The van der Waals surface area contributed by atoms with Gasteiger partial charge in [-0.2, -0.15) is 0 Å². The fraction of sp³-hybridized carbons (Fsp3) is 0.357. The molecule has 0 fully saturated rings. The van der Waals surface area contributed by atoms with Gasteiger partial charge in [-0.15, -0.1) is 0 Å². The summed E-state index contributed by atoms with van der Waals surface area (Å²) in [6.45, 7) is 5.35. The summed E-state index contributed by atoms with van der Waals surface area (Å²) in [5.74, 6) is 0.0162. The lowest BCUT2D eigenvalue weighted by atomic mass is 10.2. The van der Waals surface area contributed by atoms with Crippen molar-refractivity contribution in [1.82, 2.24) is 19.9 Å². The van der Waals surface area contributed by atoms with E-state index in [1.54, 1.807) is 18.7 Å². The smallest absolute Gasteiger partial charge is 0.224 e. The zero-order valence-electron chi connectivity index (χ0n) is 11.3. The maximum atomic E-state index is 11.7. The molecule has 0 saturated heterocycles. The van der Waals surface area contributed by atoms with Crippen LogP contribution in [0.15, 0.2) is 30.9 Å². The molecule has 2 aromatic heterocycles. The number of hydrogen-bond acceptors (Lipinski definition) is 3. The summed E-state index contributed by atoms with van der Waals surface area (Å²) in [7, 11) is 0. The largest absolute Gasteiger partial charge is 0.354 e. The van der Waals surface area contributed by atoms with Gasteiger partial charge in [-0.05, 0) is 25.5 Å². The lowest BCUT2D eigenvalue weighted by molar-refractivity contribution is -0.120. The number of imidazole rings is 1. The molecule has 2 heterocycles. The zero-order chi connectivity index (χ0) is 13.7. The van der Waals surface area contributed by atoms with Gasteiger partial charge in [0.2, 0.25) is 5.91 Å². The standard InChI is InChI=1S/C14H18N4O/c1-11-12(2)18(10-17-11)7-6-16-14(19)8-13-4-3-5-15-9-13/h3-5,9-10H,6-8H2,1-2H3,(H,16,19). The molecule has 0 spiro atoms. The van der Waals surface area contributed by atoms with E-state index in [1.165, 1.54) is 0 Å². The Balaban J connectivity index is 1.77. The Morgan fingerprint density at radius 1 is 1.42 bits per heavy atom. The van der Waals surface area contributed by atoms with Crippen molar-refractivity contribution in [2.24, 2.45) is 0 Å². The molecule has 0 atom stereocenters. The summed E-state index contributed by atoms with van der Waals surface area (Å²) < 4.78 is 2.04. The molecule has 0 aliphatic rings. The monoisotopic (exact) mass is 258 g/mol. The number of nitrogens with zero attached hydrogens (tertiary/aromatic N) is 3. The van der Waals surface area contributed by atoms with Crippen LogP contribution in [0, 0.1) is 13.8 Å². The van der Waals surface area contributed by atoms with E-state index in [0.29, 0.717) is 13.0 Å². The van der Waals surface area contributed by atoms with Gasteiger partial charge in [0.05, 0.1) is 18.4 Å². The van der Waals surface area contributed by atoms with Crippen molar-refractivity contribution in [3.05, 3.63) is 47.8 Å². The Hall–Kier alpha value is -2.17. The minimum absolute atomic E-state index is 0.0162. The van der Waals surface area contributed by atoms with Crippen LogP contribution in [-0.2, 0) is 17.8 Å². The molecule has 0 bridgehead atoms. The van der Waals surface area contributed by atoms with Gasteiger partial charge >= 0.3 is 0 Å². The van der Waals surface area contributed by atoms with Crippen LogP contribution in [0.25, 0.3) is 0 Å². The number of rotatable bonds is 5. The van der Waals surface area contributed by atoms with Crippen LogP contribution >= 0.6 is 0 Å². The van der Waals surface area contributed by atoms with Gasteiger partial charge in [0.25, 0.3) is 0 Å². The van der Waals surface area contributed by atoms with Gasteiger partial charge < -0.3 is 9.88 Å². The Kier molecular flexibility index (Phi) is 4.28. The molecule has 0 saturated carbocycles.